The second-order valence-corrected chi connectivity index (χ2v) is 11.2. The molecular weight excluding hydrogens is 524 g/mol. The monoisotopic (exact) mass is 542 g/mol. The molecule has 0 amide bonds. The second-order valence-electron chi connectivity index (χ2n) is 9.00. The predicted octanol–water partition coefficient (Wildman–Crippen LogP) is 5.84. The minimum atomic E-state index is -6.35. The number of fused-ring (bicyclic) bond motifs is 3. The largest absolute Gasteiger partial charge is 0.481 e. The van der Waals surface area contributed by atoms with E-state index in [-0.39, 0.29) is 47.8 Å². The Bertz CT molecular complexity index is 1290. The van der Waals surface area contributed by atoms with E-state index in [1.165, 1.54) is 0 Å². The molecule has 0 aromatic heterocycles. The van der Waals surface area contributed by atoms with Crippen LogP contribution in [0.5, 0.6) is 0 Å². The lowest BCUT2D eigenvalue weighted by Crippen LogP contribution is -2.51. The van der Waals surface area contributed by atoms with Crippen molar-refractivity contribution in [3.63, 3.8) is 0 Å². The standard InChI is InChI=1S/C23H18F8O4S/c24-14-3-5-15(6-4-14)36(34,35)20-10-9-16(19(32)33)18(20)7-1-12-11-13(2-8-17(12)20)21(25,22(26,27)28)23(29,30)31/h2-6,8,11,16,18H,1,7,9-10H2,(H,32,33)/t16?,18?,20-/m1/s1. The highest BCUT2D eigenvalue weighted by Gasteiger charge is 2.73. The molecule has 0 heterocycles. The first-order valence-corrected chi connectivity index (χ1v) is 12.2. The van der Waals surface area contributed by atoms with Crippen LogP contribution < -0.4 is 0 Å². The van der Waals surface area contributed by atoms with E-state index >= 15 is 0 Å². The molecule has 2 aliphatic carbocycles. The van der Waals surface area contributed by atoms with Crippen LogP contribution in [-0.4, -0.2) is 31.8 Å². The van der Waals surface area contributed by atoms with Crippen LogP contribution in [0.25, 0.3) is 0 Å². The SMILES string of the molecule is O=C(O)C1CC[C@@]2(S(=O)(=O)c3ccc(F)cc3)c3ccc(C(F)(C(F)(F)F)C(F)(F)F)cc3CCC12. The molecule has 1 saturated carbocycles. The van der Waals surface area contributed by atoms with E-state index in [9.17, 15) is 53.4 Å². The molecule has 0 radical (unpaired) electrons. The van der Waals surface area contributed by atoms with E-state index in [1.807, 2.05) is 0 Å². The number of alkyl halides is 7. The number of carbonyl (C=O) groups is 1. The molecule has 13 heteroatoms. The maximum atomic E-state index is 14.7. The van der Waals surface area contributed by atoms with Crippen LogP contribution in [0.4, 0.5) is 35.1 Å². The van der Waals surface area contributed by atoms with Gasteiger partial charge in [0.25, 0.3) is 0 Å². The molecule has 4 nitrogen and oxygen atoms in total. The Kier molecular flexibility index (Phi) is 5.97. The number of sulfone groups is 1. The quantitative estimate of drug-likeness (QED) is 0.389. The van der Waals surface area contributed by atoms with E-state index < -0.39 is 61.8 Å². The molecular formula is C23H18F8O4S. The van der Waals surface area contributed by atoms with Crippen molar-refractivity contribution in [3.8, 4) is 0 Å². The summed E-state index contributed by atoms with van der Waals surface area (Å²) in [7, 11) is -4.53. The lowest BCUT2D eigenvalue weighted by Gasteiger charge is -2.42. The molecule has 1 N–H and O–H groups in total. The molecule has 2 unspecified atom stereocenters. The van der Waals surface area contributed by atoms with Crippen molar-refractivity contribution in [1.29, 1.82) is 0 Å². The molecule has 0 bridgehead atoms. The maximum absolute atomic E-state index is 14.7. The van der Waals surface area contributed by atoms with Crippen LogP contribution in [-0.2, 0) is 31.5 Å². The number of halogens is 8. The molecule has 3 atom stereocenters. The van der Waals surface area contributed by atoms with Crippen molar-refractivity contribution in [2.24, 2.45) is 11.8 Å². The summed E-state index contributed by atoms with van der Waals surface area (Å²) in [6.07, 6.45) is -13.6. The molecule has 0 spiro atoms. The molecule has 2 aromatic rings. The first-order valence-electron chi connectivity index (χ1n) is 10.7. The molecule has 1 fully saturated rings. The molecule has 2 aliphatic rings. The van der Waals surface area contributed by atoms with Gasteiger partial charge in [0.05, 0.1) is 10.8 Å². The highest BCUT2D eigenvalue weighted by atomic mass is 32.2. The summed E-state index contributed by atoms with van der Waals surface area (Å²) in [6, 6.07) is 4.95. The summed E-state index contributed by atoms with van der Waals surface area (Å²) in [6.45, 7) is 0. The fraction of sp³-hybridized carbons (Fsp3) is 0.435. The number of aliphatic carboxylic acids is 1. The zero-order valence-electron chi connectivity index (χ0n) is 18.1. The zero-order valence-corrected chi connectivity index (χ0v) is 18.9. The summed E-state index contributed by atoms with van der Waals surface area (Å²) in [4.78, 5) is 11.5. The van der Waals surface area contributed by atoms with Gasteiger partial charge in [-0.3, -0.25) is 4.79 Å². The minimum Gasteiger partial charge on any atom is -0.481 e. The number of hydrogen-bond acceptors (Lipinski definition) is 3. The fourth-order valence-electron chi connectivity index (χ4n) is 5.67. The summed E-state index contributed by atoms with van der Waals surface area (Å²) in [5, 5.41) is 9.67. The normalized spacial score (nSPS) is 24.8. The number of aryl methyl sites for hydroxylation is 1. The zero-order chi connectivity index (χ0) is 26.9. The number of carboxylic acid groups (broad SMARTS) is 1. The summed E-state index contributed by atoms with van der Waals surface area (Å²) in [5.74, 6) is -4.28. The lowest BCUT2D eigenvalue weighted by atomic mass is 9.72. The lowest BCUT2D eigenvalue weighted by molar-refractivity contribution is -0.348. The molecule has 196 valence electrons. The van der Waals surface area contributed by atoms with Gasteiger partial charge in [-0.2, -0.15) is 26.3 Å². The third-order valence-corrected chi connectivity index (χ3v) is 9.88. The van der Waals surface area contributed by atoms with Crippen molar-refractivity contribution in [2.75, 3.05) is 0 Å². The van der Waals surface area contributed by atoms with Crippen LogP contribution in [0, 0.1) is 17.7 Å². The van der Waals surface area contributed by atoms with Gasteiger partial charge in [-0.05, 0) is 67.0 Å². The Hall–Kier alpha value is -2.70. The topological polar surface area (TPSA) is 71.4 Å². The molecule has 2 aromatic carbocycles. The van der Waals surface area contributed by atoms with Crippen molar-refractivity contribution in [1.82, 2.24) is 0 Å². The summed E-state index contributed by atoms with van der Waals surface area (Å²) < 4.78 is 134. The summed E-state index contributed by atoms with van der Waals surface area (Å²) in [5.41, 5.74) is -7.88. The smallest absolute Gasteiger partial charge is 0.435 e. The molecule has 0 aliphatic heterocycles. The van der Waals surface area contributed by atoms with Gasteiger partial charge < -0.3 is 5.11 Å². The van der Waals surface area contributed by atoms with E-state index in [4.69, 9.17) is 0 Å². The Balaban J connectivity index is 1.97. The average molecular weight is 542 g/mol. The van der Waals surface area contributed by atoms with Crippen molar-refractivity contribution < 1.29 is 53.4 Å². The number of carboxylic acids is 1. The van der Waals surface area contributed by atoms with Crippen LogP contribution in [0.15, 0.2) is 47.4 Å². The van der Waals surface area contributed by atoms with Gasteiger partial charge in [-0.15, -0.1) is 0 Å². The van der Waals surface area contributed by atoms with Gasteiger partial charge in [-0.25, -0.2) is 17.2 Å². The number of hydrogen-bond donors (Lipinski definition) is 1. The van der Waals surface area contributed by atoms with E-state index in [0.717, 1.165) is 24.3 Å². The Morgan fingerprint density at radius 3 is 2.03 bits per heavy atom. The Morgan fingerprint density at radius 1 is 0.917 bits per heavy atom. The fourth-order valence-corrected chi connectivity index (χ4v) is 8.15. The number of benzene rings is 2. The molecule has 36 heavy (non-hydrogen) atoms. The highest BCUT2D eigenvalue weighted by Crippen LogP contribution is 2.60. The van der Waals surface area contributed by atoms with Crippen molar-refractivity contribution >= 4 is 15.8 Å². The van der Waals surface area contributed by atoms with Gasteiger partial charge in [0.15, 0.2) is 9.84 Å². The van der Waals surface area contributed by atoms with Crippen molar-refractivity contribution in [3.05, 3.63) is 65.0 Å². The first kappa shape index (κ1) is 26.4. The van der Waals surface area contributed by atoms with E-state index in [1.54, 1.807) is 0 Å². The van der Waals surface area contributed by atoms with Crippen LogP contribution in [0.3, 0.4) is 0 Å². The van der Waals surface area contributed by atoms with E-state index in [0.29, 0.717) is 12.1 Å². The van der Waals surface area contributed by atoms with Crippen LogP contribution in [0.2, 0.25) is 0 Å². The van der Waals surface area contributed by atoms with Gasteiger partial charge in [0, 0.05) is 5.56 Å². The van der Waals surface area contributed by atoms with E-state index in [2.05, 4.69) is 0 Å². The Morgan fingerprint density at radius 2 is 1.50 bits per heavy atom. The van der Waals surface area contributed by atoms with Gasteiger partial charge >= 0.3 is 24.0 Å². The minimum absolute atomic E-state index is 0.125. The third-order valence-electron chi connectivity index (χ3n) is 7.30. The van der Waals surface area contributed by atoms with Gasteiger partial charge in [0.1, 0.15) is 10.6 Å². The van der Waals surface area contributed by atoms with Crippen molar-refractivity contribution in [2.45, 2.75) is 53.3 Å². The first-order chi connectivity index (χ1) is 16.5. The second kappa shape index (κ2) is 8.15. The number of rotatable bonds is 4. The van der Waals surface area contributed by atoms with Crippen LogP contribution >= 0.6 is 0 Å². The Labute approximate surface area is 199 Å². The predicted molar refractivity (Wildman–Crippen MR) is 109 cm³/mol. The highest BCUT2D eigenvalue weighted by molar-refractivity contribution is 7.92. The van der Waals surface area contributed by atoms with Gasteiger partial charge in [0.2, 0.25) is 0 Å². The maximum Gasteiger partial charge on any atom is 0.435 e. The average Bonchev–Trinajstić information content (AvgIpc) is 3.19. The third kappa shape index (κ3) is 3.52. The molecule has 4 rings (SSSR count). The molecule has 0 saturated heterocycles. The summed E-state index contributed by atoms with van der Waals surface area (Å²) >= 11 is 0. The van der Waals surface area contributed by atoms with Crippen LogP contribution in [0.1, 0.15) is 36.0 Å². The van der Waals surface area contributed by atoms with Gasteiger partial charge in [-0.1, -0.05) is 18.2 Å².